The fourth-order valence-corrected chi connectivity index (χ4v) is 4.04. The van der Waals surface area contributed by atoms with Crippen LogP contribution in [0.4, 0.5) is 0 Å². The number of allylic oxidation sites excluding steroid dienone is 5. The third-order valence-electron chi connectivity index (χ3n) is 5.56. The summed E-state index contributed by atoms with van der Waals surface area (Å²) in [5.74, 6) is -1.30. The largest absolute Gasteiger partial charge is 0.505 e. The summed E-state index contributed by atoms with van der Waals surface area (Å²) in [7, 11) is 0. The molecule has 2 N–H and O–H groups in total. The Hall–Kier alpha value is -2.10. The van der Waals surface area contributed by atoms with Crippen LogP contribution in [0, 0.1) is 11.8 Å². The second-order valence-corrected chi connectivity index (χ2v) is 7.83. The number of hydrogen-bond acceptors (Lipinski definition) is 4. The molecule has 0 radical (unpaired) electrons. The molecule has 0 aromatic carbocycles. The van der Waals surface area contributed by atoms with Gasteiger partial charge in [-0.05, 0) is 45.4 Å². The van der Waals surface area contributed by atoms with E-state index in [4.69, 9.17) is 0 Å². The second kappa shape index (κ2) is 9.20. The lowest BCUT2D eigenvalue weighted by Gasteiger charge is -2.33. The van der Waals surface area contributed by atoms with Crippen molar-refractivity contribution in [3.05, 3.63) is 46.4 Å². The number of carbonyl (C=O) groups excluding carboxylic acids is 2. The average molecular weight is 372 g/mol. The van der Waals surface area contributed by atoms with Gasteiger partial charge in [-0.2, -0.15) is 0 Å². The van der Waals surface area contributed by atoms with E-state index in [-0.39, 0.29) is 23.2 Å². The van der Waals surface area contributed by atoms with E-state index in [0.717, 1.165) is 37.7 Å². The van der Waals surface area contributed by atoms with Gasteiger partial charge < -0.3 is 10.4 Å². The highest BCUT2D eigenvalue weighted by atomic mass is 16.3. The molecule has 27 heavy (non-hydrogen) atoms. The van der Waals surface area contributed by atoms with E-state index in [1.165, 1.54) is 5.57 Å². The highest BCUT2D eigenvalue weighted by molar-refractivity contribution is 6.50. The maximum Gasteiger partial charge on any atom is 0.233 e. The first-order chi connectivity index (χ1) is 12.8. The lowest BCUT2D eigenvalue weighted by Crippen LogP contribution is -2.36. The van der Waals surface area contributed by atoms with E-state index in [1.54, 1.807) is 0 Å². The van der Waals surface area contributed by atoms with Crippen LogP contribution in [0.2, 0.25) is 0 Å². The number of nitrogens with one attached hydrogen (secondary N) is 1. The summed E-state index contributed by atoms with van der Waals surface area (Å²) in [6.07, 6.45) is 7.04. The zero-order valence-electron chi connectivity index (χ0n) is 17.2. The Labute approximate surface area is 163 Å². The molecular formula is C23H33NO3. The van der Waals surface area contributed by atoms with E-state index in [9.17, 15) is 14.7 Å². The van der Waals surface area contributed by atoms with Crippen LogP contribution in [0.15, 0.2) is 46.4 Å². The Morgan fingerprint density at radius 1 is 1.26 bits per heavy atom. The van der Waals surface area contributed by atoms with Gasteiger partial charge >= 0.3 is 0 Å². The molecule has 0 saturated carbocycles. The van der Waals surface area contributed by atoms with E-state index in [2.05, 4.69) is 18.8 Å². The molecule has 1 unspecified atom stereocenters. The van der Waals surface area contributed by atoms with Crippen LogP contribution < -0.4 is 5.32 Å². The molecule has 0 aliphatic heterocycles. The summed E-state index contributed by atoms with van der Waals surface area (Å²) in [6.45, 7) is 12.8. The van der Waals surface area contributed by atoms with Crippen LogP contribution in [-0.4, -0.2) is 23.2 Å². The Morgan fingerprint density at radius 2 is 1.96 bits per heavy atom. The highest BCUT2D eigenvalue weighted by Gasteiger charge is 2.41. The van der Waals surface area contributed by atoms with Gasteiger partial charge in [0.1, 0.15) is 5.76 Å². The van der Waals surface area contributed by atoms with Crippen LogP contribution in [0.3, 0.4) is 0 Å². The average Bonchev–Trinajstić information content (AvgIpc) is 2.62. The zero-order valence-corrected chi connectivity index (χ0v) is 17.2. The summed E-state index contributed by atoms with van der Waals surface area (Å²) >= 11 is 0. The zero-order chi connectivity index (χ0) is 20.1. The van der Waals surface area contributed by atoms with Crippen LogP contribution in [0.5, 0.6) is 0 Å². The Bertz CT molecular complexity index is 724. The Morgan fingerprint density at radius 3 is 2.56 bits per heavy atom. The summed E-state index contributed by atoms with van der Waals surface area (Å²) in [6, 6.07) is 0. The van der Waals surface area contributed by atoms with Gasteiger partial charge in [-0.25, -0.2) is 0 Å². The molecule has 0 aromatic rings. The first-order valence-electron chi connectivity index (χ1n) is 10.2. The van der Waals surface area contributed by atoms with Crippen LogP contribution in [0.1, 0.15) is 66.2 Å². The molecule has 4 heteroatoms. The van der Waals surface area contributed by atoms with Gasteiger partial charge in [0.25, 0.3) is 0 Å². The van der Waals surface area contributed by atoms with E-state index in [0.29, 0.717) is 24.2 Å². The van der Waals surface area contributed by atoms with Gasteiger partial charge in [0.15, 0.2) is 0 Å². The monoisotopic (exact) mass is 371 g/mol. The molecule has 4 nitrogen and oxygen atoms in total. The number of carbonyl (C=O) groups is 2. The van der Waals surface area contributed by atoms with E-state index in [1.807, 2.05) is 26.8 Å². The van der Waals surface area contributed by atoms with Gasteiger partial charge in [-0.3, -0.25) is 9.59 Å². The van der Waals surface area contributed by atoms with Crippen molar-refractivity contribution in [1.82, 2.24) is 5.32 Å². The first kappa shape index (κ1) is 21.2. The topological polar surface area (TPSA) is 66.4 Å². The minimum absolute atomic E-state index is 0.0404. The van der Waals surface area contributed by atoms with Crippen molar-refractivity contribution in [2.75, 3.05) is 6.54 Å². The third-order valence-corrected chi connectivity index (χ3v) is 5.56. The van der Waals surface area contributed by atoms with Crippen LogP contribution >= 0.6 is 0 Å². The second-order valence-electron chi connectivity index (χ2n) is 7.83. The molecular weight excluding hydrogens is 338 g/mol. The highest BCUT2D eigenvalue weighted by Crippen LogP contribution is 2.41. The summed E-state index contributed by atoms with van der Waals surface area (Å²) in [5, 5.41) is 14.3. The minimum Gasteiger partial charge on any atom is -0.505 e. The molecule has 0 aromatic heterocycles. The number of ketones is 2. The normalized spacial score (nSPS) is 23.6. The standard InChI is InChI=1S/C23H33NO3/c1-6-8-12-24-20-17(9-7-2)21(25)23(27)19(22(20)26)18-13-15(5)10-11-16(18)14(3)4/h13,16,18,24,26H,3,6-12H2,1-2,4-5H3/t16-,18?/m0/s1. The number of aliphatic hydroxyl groups excluding tert-OH is 1. The summed E-state index contributed by atoms with van der Waals surface area (Å²) < 4.78 is 0. The number of Topliss-reactive ketones (excluding diaryl/α,β-unsaturated/α-hetero) is 2. The molecule has 2 aliphatic carbocycles. The van der Waals surface area contributed by atoms with Crippen molar-refractivity contribution >= 4 is 11.6 Å². The summed E-state index contributed by atoms with van der Waals surface area (Å²) in [5.41, 5.74) is 3.28. The smallest absolute Gasteiger partial charge is 0.233 e. The molecule has 0 heterocycles. The van der Waals surface area contributed by atoms with Gasteiger partial charge in [-0.1, -0.05) is 50.5 Å². The van der Waals surface area contributed by atoms with Gasteiger partial charge in [0.05, 0.1) is 11.3 Å². The maximum absolute atomic E-state index is 13.0. The van der Waals surface area contributed by atoms with Crippen molar-refractivity contribution in [2.45, 2.75) is 66.2 Å². The molecule has 0 spiro atoms. The molecule has 0 fully saturated rings. The van der Waals surface area contributed by atoms with Crippen LogP contribution in [-0.2, 0) is 9.59 Å². The van der Waals surface area contributed by atoms with Crippen molar-refractivity contribution in [2.24, 2.45) is 11.8 Å². The van der Waals surface area contributed by atoms with Gasteiger partial charge in [0, 0.05) is 18.0 Å². The molecule has 2 atom stereocenters. The summed E-state index contributed by atoms with van der Waals surface area (Å²) in [4.78, 5) is 25.9. The maximum atomic E-state index is 13.0. The SMILES string of the molecule is C=C(C)[C@@H]1CCC(C)=CC1C1=C(O)C(NCCCC)=C(CCC)C(=O)C1=O. The molecule has 0 amide bonds. The quantitative estimate of drug-likeness (QED) is 0.274. The Kier molecular flexibility index (Phi) is 7.23. The fourth-order valence-electron chi connectivity index (χ4n) is 4.04. The van der Waals surface area contributed by atoms with Crippen molar-refractivity contribution < 1.29 is 14.7 Å². The van der Waals surface area contributed by atoms with E-state index >= 15 is 0 Å². The van der Waals surface area contributed by atoms with Crippen molar-refractivity contribution in [3.63, 3.8) is 0 Å². The van der Waals surface area contributed by atoms with Gasteiger partial charge in [-0.15, -0.1) is 0 Å². The first-order valence-corrected chi connectivity index (χ1v) is 10.2. The van der Waals surface area contributed by atoms with Gasteiger partial charge in [0.2, 0.25) is 11.6 Å². The lowest BCUT2D eigenvalue weighted by molar-refractivity contribution is -0.133. The molecule has 148 valence electrons. The molecule has 0 saturated heterocycles. The van der Waals surface area contributed by atoms with Crippen LogP contribution in [0.25, 0.3) is 0 Å². The van der Waals surface area contributed by atoms with E-state index < -0.39 is 11.6 Å². The number of aliphatic hydroxyl groups is 1. The molecule has 2 rings (SSSR count). The fraction of sp³-hybridized carbons (Fsp3) is 0.565. The third kappa shape index (κ3) is 4.42. The Balaban J connectivity index is 2.57. The number of rotatable bonds is 8. The molecule has 0 bridgehead atoms. The number of hydrogen-bond donors (Lipinski definition) is 2. The minimum atomic E-state index is -0.556. The predicted octanol–water partition coefficient (Wildman–Crippen LogP) is 4.94. The lowest BCUT2D eigenvalue weighted by atomic mass is 9.70. The van der Waals surface area contributed by atoms with Crippen molar-refractivity contribution in [3.8, 4) is 0 Å². The van der Waals surface area contributed by atoms with Crippen molar-refractivity contribution in [1.29, 1.82) is 0 Å². The molecule has 2 aliphatic rings. The number of unbranched alkanes of at least 4 members (excludes halogenated alkanes) is 1. The predicted molar refractivity (Wildman–Crippen MR) is 109 cm³/mol.